The van der Waals surface area contributed by atoms with Gasteiger partial charge in [0.1, 0.15) is 5.82 Å². The molecule has 1 fully saturated rings. The number of piperidine rings is 1. The number of hydrogen-bond donors (Lipinski definition) is 1. The van der Waals surface area contributed by atoms with Crippen LogP contribution in [0.2, 0.25) is 0 Å². The van der Waals surface area contributed by atoms with Crippen LogP contribution in [0, 0.1) is 11.7 Å². The van der Waals surface area contributed by atoms with Gasteiger partial charge in [-0.2, -0.15) is 0 Å². The molecule has 6 heteroatoms. The van der Waals surface area contributed by atoms with Gasteiger partial charge in [0.25, 0.3) is 0 Å². The summed E-state index contributed by atoms with van der Waals surface area (Å²) in [6.45, 7) is 2.63. The molecule has 5 rings (SSSR count). The summed E-state index contributed by atoms with van der Waals surface area (Å²) < 4.78 is 15.9. The minimum absolute atomic E-state index is 0.00556. The molecule has 0 saturated carbocycles. The number of halogens is 1. The van der Waals surface area contributed by atoms with E-state index in [1.165, 1.54) is 6.07 Å². The number of carbonyl (C=O) groups excluding carboxylic acids is 1. The fraction of sp³-hybridized carbons (Fsp3) is 0.259. The average molecular weight is 443 g/mol. The molecule has 3 aromatic carbocycles. The Bertz CT molecular complexity index is 1250. The normalized spacial score (nSPS) is 14.5. The highest BCUT2D eigenvalue weighted by Gasteiger charge is 2.27. The van der Waals surface area contributed by atoms with Crippen molar-refractivity contribution in [3.05, 3.63) is 95.8 Å². The van der Waals surface area contributed by atoms with E-state index < -0.39 is 0 Å². The number of nitrogens with zero attached hydrogens (tertiary/aromatic N) is 3. The molecule has 1 N–H and O–H groups in total. The lowest BCUT2D eigenvalue weighted by Gasteiger charge is -2.32. The highest BCUT2D eigenvalue weighted by Crippen LogP contribution is 2.28. The third-order valence-corrected chi connectivity index (χ3v) is 6.32. The average Bonchev–Trinajstić information content (AvgIpc) is 3.21. The molecule has 5 nitrogen and oxygen atoms in total. The SMILES string of the molecule is O=C(NCc1ccccc1)C1CCN(c2nc3ccccc3n2Cc2cccc(F)c2)CC1. The molecule has 1 aliphatic rings. The lowest BCUT2D eigenvalue weighted by Crippen LogP contribution is -2.41. The summed E-state index contributed by atoms with van der Waals surface area (Å²) in [4.78, 5) is 19.9. The summed E-state index contributed by atoms with van der Waals surface area (Å²) in [5, 5.41) is 3.08. The van der Waals surface area contributed by atoms with Crippen molar-refractivity contribution in [2.45, 2.75) is 25.9 Å². The molecule has 4 aromatic rings. The van der Waals surface area contributed by atoms with Crippen molar-refractivity contribution in [1.29, 1.82) is 0 Å². The molecule has 2 heterocycles. The first-order valence-electron chi connectivity index (χ1n) is 11.4. The van der Waals surface area contributed by atoms with Gasteiger partial charge in [-0.05, 0) is 48.2 Å². The number of nitrogens with one attached hydrogen (secondary N) is 1. The van der Waals surface area contributed by atoms with Crippen LogP contribution in [-0.2, 0) is 17.9 Å². The van der Waals surface area contributed by atoms with Crippen LogP contribution in [0.1, 0.15) is 24.0 Å². The zero-order chi connectivity index (χ0) is 22.6. The number of benzene rings is 3. The third-order valence-electron chi connectivity index (χ3n) is 6.32. The van der Waals surface area contributed by atoms with Gasteiger partial charge >= 0.3 is 0 Å². The number of anilines is 1. The number of imidazole rings is 1. The standard InChI is InChI=1S/C27H27FN4O/c28-23-10-6-9-21(17-23)19-32-25-12-5-4-11-24(25)30-27(32)31-15-13-22(14-16-31)26(33)29-18-20-7-2-1-3-8-20/h1-12,17,22H,13-16,18-19H2,(H,29,33). The number of amides is 1. The predicted molar refractivity (Wildman–Crippen MR) is 128 cm³/mol. The molecule has 168 valence electrons. The first kappa shape index (κ1) is 21.2. The Morgan fingerprint density at radius 2 is 1.67 bits per heavy atom. The Kier molecular flexibility index (Phi) is 6.07. The Balaban J connectivity index is 1.29. The Morgan fingerprint density at radius 1 is 0.939 bits per heavy atom. The van der Waals surface area contributed by atoms with Crippen molar-refractivity contribution in [3.8, 4) is 0 Å². The summed E-state index contributed by atoms with van der Waals surface area (Å²) in [5.74, 6) is 0.766. The number of para-hydroxylation sites is 2. The van der Waals surface area contributed by atoms with Gasteiger partial charge in [0.15, 0.2) is 0 Å². The molecule has 1 saturated heterocycles. The molecule has 0 unspecified atom stereocenters. The van der Waals surface area contributed by atoms with Crippen molar-refractivity contribution < 1.29 is 9.18 Å². The van der Waals surface area contributed by atoms with Gasteiger partial charge < -0.3 is 14.8 Å². The number of aromatic nitrogens is 2. The van der Waals surface area contributed by atoms with Crippen molar-refractivity contribution in [2.24, 2.45) is 5.92 Å². The molecule has 0 spiro atoms. The maximum absolute atomic E-state index is 13.8. The van der Waals surface area contributed by atoms with E-state index in [2.05, 4.69) is 20.9 Å². The maximum atomic E-state index is 13.8. The maximum Gasteiger partial charge on any atom is 0.223 e. The molecular weight excluding hydrogens is 415 g/mol. The summed E-state index contributed by atoms with van der Waals surface area (Å²) >= 11 is 0. The van der Waals surface area contributed by atoms with Gasteiger partial charge in [0.2, 0.25) is 11.9 Å². The lowest BCUT2D eigenvalue weighted by molar-refractivity contribution is -0.125. The van der Waals surface area contributed by atoms with Crippen LogP contribution >= 0.6 is 0 Å². The van der Waals surface area contributed by atoms with Crippen LogP contribution in [0.15, 0.2) is 78.9 Å². The molecule has 1 aliphatic heterocycles. The Labute approximate surface area is 192 Å². The quantitative estimate of drug-likeness (QED) is 0.469. The Morgan fingerprint density at radius 3 is 2.45 bits per heavy atom. The van der Waals surface area contributed by atoms with Crippen molar-refractivity contribution >= 4 is 22.9 Å². The van der Waals surface area contributed by atoms with Gasteiger partial charge in [-0.15, -0.1) is 0 Å². The number of carbonyl (C=O) groups is 1. The first-order chi connectivity index (χ1) is 16.2. The first-order valence-corrected chi connectivity index (χ1v) is 11.4. The smallest absolute Gasteiger partial charge is 0.223 e. The van der Waals surface area contributed by atoms with Crippen LogP contribution in [0.5, 0.6) is 0 Å². The molecule has 0 aliphatic carbocycles. The highest BCUT2D eigenvalue weighted by atomic mass is 19.1. The number of rotatable bonds is 6. The van der Waals surface area contributed by atoms with E-state index in [-0.39, 0.29) is 17.6 Å². The van der Waals surface area contributed by atoms with E-state index in [9.17, 15) is 9.18 Å². The second-order valence-electron chi connectivity index (χ2n) is 8.58. The minimum atomic E-state index is -0.235. The fourth-order valence-electron chi connectivity index (χ4n) is 4.55. The van der Waals surface area contributed by atoms with Crippen molar-refractivity contribution in [3.63, 3.8) is 0 Å². The largest absolute Gasteiger partial charge is 0.352 e. The Hall–Kier alpha value is -3.67. The van der Waals surface area contributed by atoms with Gasteiger partial charge in [-0.3, -0.25) is 4.79 Å². The summed E-state index contributed by atoms with van der Waals surface area (Å²) in [6, 6.07) is 24.7. The second-order valence-corrected chi connectivity index (χ2v) is 8.58. The third kappa shape index (κ3) is 4.75. The zero-order valence-electron chi connectivity index (χ0n) is 18.5. The molecule has 0 atom stereocenters. The van der Waals surface area contributed by atoms with Gasteiger partial charge in [-0.1, -0.05) is 54.6 Å². The van der Waals surface area contributed by atoms with Crippen LogP contribution in [-0.4, -0.2) is 28.5 Å². The van der Waals surface area contributed by atoms with E-state index in [0.717, 1.165) is 54.0 Å². The molecular formula is C27H27FN4O. The van der Waals surface area contributed by atoms with Gasteiger partial charge in [0, 0.05) is 25.6 Å². The van der Waals surface area contributed by atoms with E-state index in [1.807, 2.05) is 54.6 Å². The second kappa shape index (κ2) is 9.45. The summed E-state index contributed by atoms with van der Waals surface area (Å²) in [7, 11) is 0. The number of hydrogen-bond acceptors (Lipinski definition) is 3. The van der Waals surface area contributed by atoms with Gasteiger partial charge in [0.05, 0.1) is 17.6 Å². The van der Waals surface area contributed by atoms with Crippen molar-refractivity contribution in [2.75, 3.05) is 18.0 Å². The summed E-state index contributed by atoms with van der Waals surface area (Å²) in [6.07, 6.45) is 1.56. The van der Waals surface area contributed by atoms with Gasteiger partial charge in [-0.25, -0.2) is 9.37 Å². The molecule has 0 radical (unpaired) electrons. The van der Waals surface area contributed by atoms with Crippen LogP contribution < -0.4 is 10.2 Å². The molecule has 33 heavy (non-hydrogen) atoms. The van der Waals surface area contributed by atoms with Crippen LogP contribution in [0.3, 0.4) is 0 Å². The van der Waals surface area contributed by atoms with E-state index in [1.54, 1.807) is 12.1 Å². The highest BCUT2D eigenvalue weighted by molar-refractivity contribution is 5.80. The monoisotopic (exact) mass is 442 g/mol. The van der Waals surface area contributed by atoms with Crippen LogP contribution in [0.4, 0.5) is 10.3 Å². The van der Waals surface area contributed by atoms with Crippen LogP contribution in [0.25, 0.3) is 11.0 Å². The van der Waals surface area contributed by atoms with E-state index in [4.69, 9.17) is 4.98 Å². The minimum Gasteiger partial charge on any atom is -0.352 e. The predicted octanol–water partition coefficient (Wildman–Crippen LogP) is 4.76. The fourth-order valence-corrected chi connectivity index (χ4v) is 4.55. The van der Waals surface area contributed by atoms with Crippen molar-refractivity contribution in [1.82, 2.24) is 14.9 Å². The molecule has 1 amide bonds. The number of fused-ring (bicyclic) bond motifs is 1. The van der Waals surface area contributed by atoms with E-state index >= 15 is 0 Å². The van der Waals surface area contributed by atoms with E-state index in [0.29, 0.717) is 13.1 Å². The summed E-state index contributed by atoms with van der Waals surface area (Å²) in [5.41, 5.74) is 3.95. The lowest BCUT2D eigenvalue weighted by atomic mass is 9.96. The zero-order valence-corrected chi connectivity index (χ0v) is 18.5. The molecule has 0 bridgehead atoms. The topological polar surface area (TPSA) is 50.2 Å². The molecule has 1 aromatic heterocycles.